The first kappa shape index (κ1) is 18.1. The van der Waals surface area contributed by atoms with Crippen LogP contribution < -0.4 is 4.74 Å². The standard InChI is InChI=1S/C14H16BrFN2O.CO2/c1-4-11-13(16)14(18(5-2)17-11)10-7-6-9(15)8-12(10)19-3;2-1-3/h6-8H,4-5H2,1-3H3;. The zero-order valence-electron chi connectivity index (χ0n) is 12.5. The normalized spacial score (nSPS) is 9.68. The second-order valence-electron chi connectivity index (χ2n) is 4.21. The Hall–Kier alpha value is -1.98. The lowest BCUT2D eigenvalue weighted by molar-refractivity contribution is -0.191. The molecule has 0 unspecified atom stereocenters. The van der Waals surface area contributed by atoms with Crippen molar-refractivity contribution in [2.75, 3.05) is 7.11 Å². The van der Waals surface area contributed by atoms with Gasteiger partial charge in [-0.15, -0.1) is 0 Å². The first-order valence-corrected chi connectivity index (χ1v) is 7.41. The molecule has 0 saturated carbocycles. The molecule has 0 spiro atoms. The Morgan fingerprint density at radius 2 is 2.00 bits per heavy atom. The van der Waals surface area contributed by atoms with Crippen LogP contribution in [-0.4, -0.2) is 23.0 Å². The van der Waals surface area contributed by atoms with Gasteiger partial charge in [0, 0.05) is 16.6 Å². The monoisotopic (exact) mass is 370 g/mol. The van der Waals surface area contributed by atoms with Crippen LogP contribution >= 0.6 is 15.9 Å². The van der Waals surface area contributed by atoms with Gasteiger partial charge in [0.05, 0.1) is 12.8 Å². The molecule has 0 N–H and O–H groups in total. The summed E-state index contributed by atoms with van der Waals surface area (Å²) in [5.41, 5.74) is 1.70. The van der Waals surface area contributed by atoms with Gasteiger partial charge >= 0.3 is 6.15 Å². The number of hydrogen-bond donors (Lipinski definition) is 0. The van der Waals surface area contributed by atoms with Gasteiger partial charge in [-0.25, -0.2) is 4.39 Å². The minimum Gasteiger partial charge on any atom is -0.496 e. The number of hydrogen-bond acceptors (Lipinski definition) is 4. The molecule has 0 bridgehead atoms. The van der Waals surface area contributed by atoms with Gasteiger partial charge < -0.3 is 4.74 Å². The summed E-state index contributed by atoms with van der Waals surface area (Å²) in [7, 11) is 1.58. The molecular weight excluding hydrogens is 355 g/mol. The zero-order chi connectivity index (χ0) is 16.7. The second-order valence-corrected chi connectivity index (χ2v) is 5.12. The number of aryl methyl sites for hydroxylation is 2. The predicted molar refractivity (Wildman–Crippen MR) is 81.9 cm³/mol. The van der Waals surface area contributed by atoms with E-state index in [1.54, 1.807) is 11.8 Å². The van der Waals surface area contributed by atoms with Gasteiger partial charge in [-0.3, -0.25) is 4.68 Å². The number of aromatic nitrogens is 2. The summed E-state index contributed by atoms with van der Waals surface area (Å²) in [4.78, 5) is 16.2. The Morgan fingerprint density at radius 3 is 2.50 bits per heavy atom. The van der Waals surface area contributed by atoms with Gasteiger partial charge in [0.25, 0.3) is 0 Å². The minimum absolute atomic E-state index is 0.250. The molecule has 0 atom stereocenters. The van der Waals surface area contributed by atoms with Gasteiger partial charge in [-0.2, -0.15) is 14.7 Å². The lowest BCUT2D eigenvalue weighted by atomic mass is 10.1. The van der Waals surface area contributed by atoms with E-state index in [4.69, 9.17) is 14.3 Å². The molecule has 2 rings (SSSR count). The highest BCUT2D eigenvalue weighted by molar-refractivity contribution is 9.10. The molecule has 0 radical (unpaired) electrons. The van der Waals surface area contributed by atoms with E-state index in [2.05, 4.69) is 21.0 Å². The van der Waals surface area contributed by atoms with E-state index >= 15 is 0 Å². The van der Waals surface area contributed by atoms with Crippen molar-refractivity contribution in [3.8, 4) is 17.0 Å². The van der Waals surface area contributed by atoms with Crippen LogP contribution in [-0.2, 0) is 22.6 Å². The SMILES string of the molecule is CCc1nn(CC)c(-c2ccc(Br)cc2OC)c1F.O=C=O. The quantitative estimate of drug-likeness (QED) is 0.826. The van der Waals surface area contributed by atoms with Crippen molar-refractivity contribution in [1.82, 2.24) is 9.78 Å². The number of benzene rings is 1. The number of carbonyl (C=O) groups excluding carboxylic acids is 2. The predicted octanol–water partition coefficient (Wildman–Crippen LogP) is 3.46. The van der Waals surface area contributed by atoms with Crippen molar-refractivity contribution in [2.45, 2.75) is 26.8 Å². The van der Waals surface area contributed by atoms with Crippen molar-refractivity contribution in [3.05, 3.63) is 34.2 Å². The number of halogens is 2. The van der Waals surface area contributed by atoms with Gasteiger partial charge in [0.15, 0.2) is 5.82 Å². The average Bonchev–Trinajstić information content (AvgIpc) is 2.84. The van der Waals surface area contributed by atoms with Crippen LogP contribution in [0.1, 0.15) is 19.5 Å². The second kappa shape index (κ2) is 8.46. The smallest absolute Gasteiger partial charge is 0.373 e. The lowest BCUT2D eigenvalue weighted by Crippen LogP contribution is -2.01. The van der Waals surface area contributed by atoms with Crippen molar-refractivity contribution in [2.24, 2.45) is 0 Å². The van der Waals surface area contributed by atoms with Crippen LogP contribution in [0.2, 0.25) is 0 Å². The van der Waals surface area contributed by atoms with Crippen LogP contribution in [0.3, 0.4) is 0 Å². The van der Waals surface area contributed by atoms with E-state index < -0.39 is 0 Å². The number of rotatable bonds is 4. The molecule has 0 aliphatic heterocycles. The Balaban J connectivity index is 0.000000745. The van der Waals surface area contributed by atoms with Gasteiger partial charge in [-0.1, -0.05) is 22.9 Å². The first-order valence-electron chi connectivity index (χ1n) is 6.62. The number of nitrogens with zero attached hydrogens (tertiary/aromatic N) is 2. The van der Waals surface area contributed by atoms with Gasteiger partial charge in [0.2, 0.25) is 0 Å². The topological polar surface area (TPSA) is 61.2 Å². The fourth-order valence-electron chi connectivity index (χ4n) is 2.06. The van der Waals surface area contributed by atoms with Crippen molar-refractivity contribution < 1.29 is 18.7 Å². The highest BCUT2D eigenvalue weighted by Crippen LogP contribution is 2.35. The maximum Gasteiger partial charge on any atom is 0.373 e. The third kappa shape index (κ3) is 3.81. The molecule has 0 fully saturated rings. The maximum atomic E-state index is 14.4. The van der Waals surface area contributed by atoms with E-state index in [1.165, 1.54) is 0 Å². The molecule has 0 saturated heterocycles. The van der Waals surface area contributed by atoms with E-state index in [-0.39, 0.29) is 12.0 Å². The Labute approximate surface area is 136 Å². The van der Waals surface area contributed by atoms with Crippen LogP contribution in [0.25, 0.3) is 11.3 Å². The molecule has 0 amide bonds. The van der Waals surface area contributed by atoms with Crippen molar-refractivity contribution in [1.29, 1.82) is 0 Å². The van der Waals surface area contributed by atoms with Crippen LogP contribution in [0.5, 0.6) is 5.75 Å². The third-order valence-corrected chi connectivity index (χ3v) is 3.51. The molecule has 7 heteroatoms. The fourth-order valence-corrected chi connectivity index (χ4v) is 2.40. The molecule has 1 aromatic heterocycles. The van der Waals surface area contributed by atoms with Crippen LogP contribution in [0, 0.1) is 5.82 Å². The lowest BCUT2D eigenvalue weighted by Gasteiger charge is -2.10. The molecule has 1 heterocycles. The Morgan fingerprint density at radius 1 is 1.36 bits per heavy atom. The molecule has 5 nitrogen and oxygen atoms in total. The van der Waals surface area contributed by atoms with Crippen LogP contribution in [0.15, 0.2) is 22.7 Å². The average molecular weight is 371 g/mol. The van der Waals surface area contributed by atoms with Gasteiger partial charge in [0.1, 0.15) is 11.4 Å². The highest BCUT2D eigenvalue weighted by Gasteiger charge is 2.20. The number of methoxy groups -OCH3 is 1. The van der Waals surface area contributed by atoms with Gasteiger partial charge in [-0.05, 0) is 31.5 Å². The molecule has 0 aliphatic rings. The summed E-state index contributed by atoms with van der Waals surface area (Å²) in [6.07, 6.45) is 0.824. The summed E-state index contributed by atoms with van der Waals surface area (Å²) >= 11 is 3.39. The molecule has 118 valence electrons. The van der Waals surface area contributed by atoms with Crippen LogP contribution in [0.4, 0.5) is 4.39 Å². The fraction of sp³-hybridized carbons (Fsp3) is 0.333. The van der Waals surface area contributed by atoms with Crippen molar-refractivity contribution in [3.63, 3.8) is 0 Å². The van der Waals surface area contributed by atoms with Crippen molar-refractivity contribution >= 4 is 22.1 Å². The molecular formula is C15H16BrFN2O3. The molecule has 2 aromatic rings. The number of ether oxygens (including phenoxy) is 1. The molecule has 0 aliphatic carbocycles. The zero-order valence-corrected chi connectivity index (χ0v) is 14.1. The summed E-state index contributed by atoms with van der Waals surface area (Å²) in [5.74, 6) is 0.371. The summed E-state index contributed by atoms with van der Waals surface area (Å²) in [5, 5.41) is 4.30. The first-order chi connectivity index (χ1) is 10.5. The minimum atomic E-state index is -0.259. The van der Waals surface area contributed by atoms with E-state index in [0.29, 0.717) is 30.1 Å². The summed E-state index contributed by atoms with van der Waals surface area (Å²) < 4.78 is 22.3. The summed E-state index contributed by atoms with van der Waals surface area (Å²) in [6, 6.07) is 5.54. The maximum absolute atomic E-state index is 14.4. The third-order valence-electron chi connectivity index (χ3n) is 3.01. The van der Waals surface area contributed by atoms with E-state index in [0.717, 1.165) is 10.0 Å². The molecule has 22 heavy (non-hydrogen) atoms. The highest BCUT2D eigenvalue weighted by atomic mass is 79.9. The summed E-state index contributed by atoms with van der Waals surface area (Å²) in [6.45, 7) is 4.46. The Bertz CT molecular complexity index is 680. The van der Waals surface area contributed by atoms with E-state index in [9.17, 15) is 4.39 Å². The van der Waals surface area contributed by atoms with E-state index in [1.807, 2.05) is 32.0 Å². The Kier molecular flexibility index (Phi) is 6.95. The largest absolute Gasteiger partial charge is 0.496 e. The molecule has 1 aromatic carbocycles.